The highest BCUT2D eigenvalue weighted by molar-refractivity contribution is 5.99. The van der Waals surface area contributed by atoms with Crippen molar-refractivity contribution in [1.29, 1.82) is 0 Å². The number of benzene rings is 2. The maximum absolute atomic E-state index is 13.1. The van der Waals surface area contributed by atoms with Crippen molar-refractivity contribution < 1.29 is 19.5 Å². The van der Waals surface area contributed by atoms with Crippen LogP contribution in [0.15, 0.2) is 91.1 Å². The van der Waals surface area contributed by atoms with Crippen molar-refractivity contribution in [2.45, 2.75) is 78.7 Å². The molecule has 2 unspecified atom stereocenters. The van der Waals surface area contributed by atoms with E-state index in [0.717, 1.165) is 18.4 Å². The lowest BCUT2D eigenvalue weighted by Gasteiger charge is -2.31. The van der Waals surface area contributed by atoms with Gasteiger partial charge in [-0.25, -0.2) is 0 Å². The number of rotatable bonds is 13. The fourth-order valence-corrected chi connectivity index (χ4v) is 4.83. The molecule has 44 heavy (non-hydrogen) atoms. The first kappa shape index (κ1) is 36.2. The third-order valence-corrected chi connectivity index (χ3v) is 7.28. The Bertz CT molecular complexity index is 1300. The molecule has 0 saturated carbocycles. The number of aliphatic hydroxyl groups excluding tert-OH is 1. The van der Waals surface area contributed by atoms with Gasteiger partial charge in [-0.15, -0.1) is 0 Å². The molecular formula is C36H50N4O4. The third kappa shape index (κ3) is 10.6. The van der Waals surface area contributed by atoms with Crippen LogP contribution in [0.3, 0.4) is 0 Å². The Labute approximate surface area is 263 Å². The van der Waals surface area contributed by atoms with Crippen molar-refractivity contribution in [3.05, 3.63) is 108 Å². The Morgan fingerprint density at radius 2 is 1.73 bits per heavy atom. The summed E-state index contributed by atoms with van der Waals surface area (Å²) in [6.07, 6.45) is 8.45. The van der Waals surface area contributed by atoms with E-state index in [2.05, 4.69) is 17.2 Å². The maximum atomic E-state index is 13.1. The standard InChI is InChI=1S/C28H38N4O4.C8H12/c1-5-15-31(16-6-2)26(35)22-14-10-13-21(17-22)25(34)29-18-23(33)24-27(36)32(28(3,4)30-24)19-20-11-8-7-9-12-20;1-4-6-7-8(3)5-2/h7-14,17,23-24,30,33H,5-6,15-16,18-19H2,1-4H3,(H,29,34);4-7H,2H2,1,3H3/b;6-4-,8-7-. The molecule has 8 nitrogen and oxygen atoms in total. The minimum Gasteiger partial charge on any atom is -0.389 e. The summed E-state index contributed by atoms with van der Waals surface area (Å²) in [4.78, 5) is 42.3. The van der Waals surface area contributed by atoms with Crippen molar-refractivity contribution in [2.24, 2.45) is 0 Å². The summed E-state index contributed by atoms with van der Waals surface area (Å²) in [7, 11) is 0. The van der Waals surface area contributed by atoms with E-state index in [0.29, 0.717) is 30.8 Å². The smallest absolute Gasteiger partial charge is 0.253 e. The number of nitrogens with one attached hydrogen (secondary N) is 2. The van der Waals surface area contributed by atoms with Gasteiger partial charge in [0.25, 0.3) is 11.8 Å². The number of hydrogen-bond donors (Lipinski definition) is 3. The van der Waals surface area contributed by atoms with Crippen LogP contribution in [-0.4, -0.2) is 70.1 Å². The molecule has 2 atom stereocenters. The van der Waals surface area contributed by atoms with Gasteiger partial charge in [-0.3, -0.25) is 19.7 Å². The van der Waals surface area contributed by atoms with E-state index in [4.69, 9.17) is 0 Å². The third-order valence-electron chi connectivity index (χ3n) is 7.28. The normalized spacial score (nSPS) is 16.7. The van der Waals surface area contributed by atoms with Crippen LogP contribution in [0.2, 0.25) is 0 Å². The first-order valence-electron chi connectivity index (χ1n) is 15.4. The van der Waals surface area contributed by atoms with Crippen LogP contribution in [0.4, 0.5) is 0 Å². The first-order valence-corrected chi connectivity index (χ1v) is 15.4. The van der Waals surface area contributed by atoms with Crippen LogP contribution in [0.25, 0.3) is 0 Å². The van der Waals surface area contributed by atoms with E-state index < -0.39 is 23.7 Å². The molecule has 2 aromatic carbocycles. The second kappa shape index (κ2) is 18.0. The van der Waals surface area contributed by atoms with Gasteiger partial charge >= 0.3 is 0 Å². The molecule has 1 aliphatic rings. The number of allylic oxidation sites excluding steroid dienone is 5. The molecule has 0 aliphatic carbocycles. The highest BCUT2D eigenvalue weighted by atomic mass is 16.3. The highest BCUT2D eigenvalue weighted by Crippen LogP contribution is 2.25. The summed E-state index contributed by atoms with van der Waals surface area (Å²) in [5.74, 6) is -0.730. The van der Waals surface area contributed by atoms with Gasteiger partial charge in [0.2, 0.25) is 5.91 Å². The van der Waals surface area contributed by atoms with Crippen molar-refractivity contribution in [3.8, 4) is 0 Å². The van der Waals surface area contributed by atoms with Crippen LogP contribution in [-0.2, 0) is 11.3 Å². The van der Waals surface area contributed by atoms with Gasteiger partial charge in [-0.05, 0) is 64.3 Å². The predicted octanol–water partition coefficient (Wildman–Crippen LogP) is 5.47. The molecule has 1 heterocycles. The minimum atomic E-state index is -1.11. The molecule has 0 bridgehead atoms. The first-order chi connectivity index (χ1) is 21.0. The molecule has 1 aliphatic heterocycles. The molecule has 0 radical (unpaired) electrons. The molecule has 1 saturated heterocycles. The molecule has 8 heteroatoms. The lowest BCUT2D eigenvalue weighted by molar-refractivity contribution is -0.133. The second-order valence-corrected chi connectivity index (χ2v) is 11.4. The van der Waals surface area contributed by atoms with Crippen LogP contribution in [0.5, 0.6) is 0 Å². The topological polar surface area (TPSA) is 102 Å². The largest absolute Gasteiger partial charge is 0.389 e. The van der Waals surface area contributed by atoms with Crippen LogP contribution in [0, 0.1) is 0 Å². The van der Waals surface area contributed by atoms with E-state index in [9.17, 15) is 19.5 Å². The number of carbonyl (C=O) groups excluding carboxylic acids is 3. The van der Waals surface area contributed by atoms with Gasteiger partial charge in [0.05, 0.1) is 11.8 Å². The molecule has 3 rings (SSSR count). The molecule has 3 N–H and O–H groups in total. The zero-order chi connectivity index (χ0) is 32.7. The molecule has 0 aromatic heterocycles. The molecular weight excluding hydrogens is 552 g/mol. The number of hydrogen-bond acceptors (Lipinski definition) is 5. The van der Waals surface area contributed by atoms with Crippen molar-refractivity contribution >= 4 is 17.7 Å². The van der Waals surface area contributed by atoms with Crippen LogP contribution >= 0.6 is 0 Å². The fourth-order valence-electron chi connectivity index (χ4n) is 4.83. The molecule has 1 fully saturated rings. The minimum absolute atomic E-state index is 0.102. The number of amides is 3. The predicted molar refractivity (Wildman–Crippen MR) is 178 cm³/mol. The quantitative estimate of drug-likeness (QED) is 0.264. The van der Waals surface area contributed by atoms with Crippen LogP contribution in [0.1, 0.15) is 80.7 Å². The molecule has 3 amide bonds. The molecule has 238 valence electrons. The van der Waals surface area contributed by atoms with Gasteiger partial charge in [0.1, 0.15) is 6.04 Å². The monoisotopic (exact) mass is 602 g/mol. The summed E-state index contributed by atoms with van der Waals surface area (Å²) < 4.78 is 0. The summed E-state index contributed by atoms with van der Waals surface area (Å²) in [5.41, 5.74) is 2.33. The molecule has 2 aromatic rings. The molecule has 0 spiro atoms. The van der Waals surface area contributed by atoms with E-state index in [1.54, 1.807) is 34.1 Å². The summed E-state index contributed by atoms with van der Waals surface area (Å²) >= 11 is 0. The Morgan fingerprint density at radius 1 is 1.09 bits per heavy atom. The second-order valence-electron chi connectivity index (χ2n) is 11.4. The fraction of sp³-hybridized carbons (Fsp3) is 0.417. The van der Waals surface area contributed by atoms with Crippen LogP contribution < -0.4 is 10.6 Å². The van der Waals surface area contributed by atoms with Gasteiger partial charge in [0.15, 0.2) is 0 Å². The average Bonchev–Trinajstić information content (AvgIpc) is 3.26. The average molecular weight is 603 g/mol. The van der Waals surface area contributed by atoms with Gasteiger partial charge < -0.3 is 20.2 Å². The summed E-state index contributed by atoms with van der Waals surface area (Å²) in [6, 6.07) is 15.4. The lowest BCUT2D eigenvalue weighted by atomic mass is 10.1. The lowest BCUT2D eigenvalue weighted by Crippen LogP contribution is -2.50. The number of aliphatic hydroxyl groups is 1. The van der Waals surface area contributed by atoms with Crippen molar-refractivity contribution in [2.75, 3.05) is 19.6 Å². The SMILES string of the molecule is C=C/C(C)=C\C=C/C.CCCN(CCC)C(=O)c1cccc(C(=O)NCC(O)C2NC(C)(C)N(Cc3ccccc3)C2=O)c1. The Morgan fingerprint density at radius 3 is 2.32 bits per heavy atom. The van der Waals surface area contributed by atoms with Gasteiger partial charge in [0, 0.05) is 37.3 Å². The maximum Gasteiger partial charge on any atom is 0.253 e. The van der Waals surface area contributed by atoms with Gasteiger partial charge in [-0.2, -0.15) is 0 Å². The Balaban J connectivity index is 0.000000742. The summed E-state index contributed by atoms with van der Waals surface area (Å²) in [6.45, 7) is 17.1. The Hall–Kier alpha value is -4.01. The van der Waals surface area contributed by atoms with Crippen molar-refractivity contribution in [1.82, 2.24) is 20.4 Å². The van der Waals surface area contributed by atoms with Gasteiger partial charge in [-0.1, -0.05) is 86.7 Å². The Kier molecular flexibility index (Phi) is 14.8. The van der Waals surface area contributed by atoms with E-state index >= 15 is 0 Å². The number of nitrogens with zero attached hydrogens (tertiary/aromatic N) is 2. The number of carbonyl (C=O) groups is 3. The summed E-state index contributed by atoms with van der Waals surface area (Å²) in [5, 5.41) is 16.7. The van der Waals surface area contributed by atoms with E-state index in [1.165, 1.54) is 5.57 Å². The zero-order valence-corrected chi connectivity index (χ0v) is 27.2. The van der Waals surface area contributed by atoms with E-state index in [1.807, 2.05) is 96.2 Å². The zero-order valence-electron chi connectivity index (χ0n) is 27.2. The van der Waals surface area contributed by atoms with E-state index in [-0.39, 0.29) is 18.4 Å². The highest BCUT2D eigenvalue weighted by Gasteiger charge is 2.47. The van der Waals surface area contributed by atoms with Crippen molar-refractivity contribution in [3.63, 3.8) is 0 Å².